The third-order valence-electron chi connectivity index (χ3n) is 5.08. The van der Waals surface area contributed by atoms with E-state index in [1.54, 1.807) is 7.11 Å². The van der Waals surface area contributed by atoms with Crippen LogP contribution in [0.2, 0.25) is 0 Å². The number of aromatic amines is 1. The van der Waals surface area contributed by atoms with Gasteiger partial charge in [0.25, 0.3) is 0 Å². The lowest BCUT2D eigenvalue weighted by atomic mass is 9.89. The number of benzene rings is 1. The number of fused-ring (bicyclic) bond motifs is 1. The van der Waals surface area contributed by atoms with Crippen LogP contribution in [0.25, 0.3) is 10.9 Å². The molecule has 1 fully saturated rings. The van der Waals surface area contributed by atoms with Crippen LogP contribution in [0.5, 0.6) is 5.75 Å². The van der Waals surface area contributed by atoms with Crippen LogP contribution in [-0.4, -0.2) is 42.0 Å². The quantitative estimate of drug-likeness (QED) is 0.852. The third-order valence-corrected chi connectivity index (χ3v) is 5.08. The Morgan fingerprint density at radius 2 is 2.12 bits per heavy atom. The van der Waals surface area contributed by atoms with Crippen LogP contribution in [0.1, 0.15) is 44.1 Å². The Kier molecular flexibility index (Phi) is 6.73. The number of H-pyrrole nitrogens is 1. The molecule has 1 atom stereocenters. The molecule has 1 aromatic heterocycles. The van der Waals surface area contributed by atoms with Crippen molar-refractivity contribution in [3.8, 4) is 5.75 Å². The molecule has 1 amide bonds. The zero-order valence-electron chi connectivity index (χ0n) is 15.0. The summed E-state index contributed by atoms with van der Waals surface area (Å²) in [5.41, 5.74) is 8.45. The molecule has 0 spiro atoms. The second-order valence-corrected chi connectivity index (χ2v) is 6.65. The van der Waals surface area contributed by atoms with Gasteiger partial charge in [0.15, 0.2) is 0 Å². The fraction of sp³-hybridized carbons (Fsp3) is 0.526. The van der Waals surface area contributed by atoms with Gasteiger partial charge in [0.1, 0.15) is 5.75 Å². The van der Waals surface area contributed by atoms with Gasteiger partial charge in [0, 0.05) is 30.2 Å². The van der Waals surface area contributed by atoms with Crippen molar-refractivity contribution in [3.05, 3.63) is 30.0 Å². The number of nitrogens with one attached hydrogen (secondary N) is 1. The average molecular weight is 366 g/mol. The fourth-order valence-electron chi connectivity index (χ4n) is 3.67. The van der Waals surface area contributed by atoms with Crippen LogP contribution in [0.4, 0.5) is 0 Å². The second-order valence-electron chi connectivity index (χ2n) is 6.65. The molecule has 0 saturated carbocycles. The highest BCUT2D eigenvalue weighted by molar-refractivity contribution is 5.86. The van der Waals surface area contributed by atoms with Gasteiger partial charge < -0.3 is 20.4 Å². The van der Waals surface area contributed by atoms with Crippen LogP contribution < -0.4 is 10.5 Å². The highest BCUT2D eigenvalue weighted by Gasteiger charge is 2.27. The minimum absolute atomic E-state index is 0. The summed E-state index contributed by atoms with van der Waals surface area (Å²) in [5, 5.41) is 1.22. The van der Waals surface area contributed by atoms with Gasteiger partial charge in [-0.2, -0.15) is 0 Å². The number of hydrogen-bond donors (Lipinski definition) is 2. The van der Waals surface area contributed by atoms with E-state index in [4.69, 9.17) is 10.5 Å². The van der Waals surface area contributed by atoms with Crippen molar-refractivity contribution in [2.45, 2.75) is 44.6 Å². The molecule has 138 valence electrons. The van der Waals surface area contributed by atoms with Gasteiger partial charge in [0.2, 0.25) is 5.91 Å². The molecule has 0 radical (unpaired) electrons. The zero-order chi connectivity index (χ0) is 17.1. The number of amides is 1. The topological polar surface area (TPSA) is 71.4 Å². The minimum Gasteiger partial charge on any atom is -0.497 e. The number of carbonyl (C=O) groups excluding carboxylic acids is 1. The largest absolute Gasteiger partial charge is 0.497 e. The van der Waals surface area contributed by atoms with Crippen molar-refractivity contribution in [1.82, 2.24) is 9.88 Å². The molecule has 1 aromatic carbocycles. The molecule has 2 heterocycles. The molecule has 5 nitrogen and oxygen atoms in total. The fourth-order valence-corrected chi connectivity index (χ4v) is 3.67. The Labute approximate surface area is 155 Å². The van der Waals surface area contributed by atoms with E-state index in [9.17, 15) is 4.79 Å². The van der Waals surface area contributed by atoms with E-state index in [0.717, 1.165) is 50.0 Å². The molecule has 0 bridgehead atoms. The summed E-state index contributed by atoms with van der Waals surface area (Å²) >= 11 is 0. The van der Waals surface area contributed by atoms with Crippen molar-refractivity contribution in [2.75, 3.05) is 20.2 Å². The van der Waals surface area contributed by atoms with Gasteiger partial charge >= 0.3 is 0 Å². The first-order valence-corrected chi connectivity index (χ1v) is 8.83. The lowest BCUT2D eigenvalue weighted by molar-refractivity contribution is -0.133. The zero-order valence-corrected chi connectivity index (χ0v) is 15.8. The van der Waals surface area contributed by atoms with Crippen LogP contribution in [0.3, 0.4) is 0 Å². The predicted octanol–water partition coefficient (Wildman–Crippen LogP) is 3.43. The van der Waals surface area contributed by atoms with Crippen molar-refractivity contribution in [3.63, 3.8) is 0 Å². The number of ether oxygens (including phenoxy) is 1. The van der Waals surface area contributed by atoms with E-state index in [1.807, 2.05) is 11.0 Å². The van der Waals surface area contributed by atoms with Crippen LogP contribution >= 0.6 is 12.4 Å². The van der Waals surface area contributed by atoms with Crippen molar-refractivity contribution < 1.29 is 9.53 Å². The number of nitrogens with two attached hydrogens (primary N) is 1. The van der Waals surface area contributed by atoms with E-state index >= 15 is 0 Å². The molecule has 2 aromatic rings. The molecular weight excluding hydrogens is 338 g/mol. The molecule has 3 N–H and O–H groups in total. The van der Waals surface area contributed by atoms with Gasteiger partial charge in [-0.15, -0.1) is 12.4 Å². The molecule has 6 heteroatoms. The summed E-state index contributed by atoms with van der Waals surface area (Å²) in [6.07, 6.45) is 5.78. The monoisotopic (exact) mass is 365 g/mol. The van der Waals surface area contributed by atoms with Crippen molar-refractivity contribution >= 4 is 29.2 Å². The maximum Gasteiger partial charge on any atom is 0.239 e. The molecule has 3 rings (SSSR count). The molecule has 1 aliphatic rings. The Morgan fingerprint density at radius 1 is 1.40 bits per heavy atom. The second kappa shape index (κ2) is 8.59. The number of nitrogens with zero attached hydrogens (tertiary/aromatic N) is 1. The lowest BCUT2D eigenvalue weighted by Crippen LogP contribution is -2.46. The number of aromatic nitrogens is 1. The first-order valence-electron chi connectivity index (χ1n) is 8.83. The molecule has 25 heavy (non-hydrogen) atoms. The molecule has 1 aliphatic heterocycles. The lowest BCUT2D eigenvalue weighted by Gasteiger charge is -2.33. The first-order chi connectivity index (χ1) is 11.6. The normalized spacial score (nSPS) is 16.5. The molecular formula is C19H28ClN3O2. The summed E-state index contributed by atoms with van der Waals surface area (Å²) in [6.45, 7) is 3.64. The van der Waals surface area contributed by atoms with Gasteiger partial charge in [-0.05, 0) is 48.9 Å². The summed E-state index contributed by atoms with van der Waals surface area (Å²) in [4.78, 5) is 17.6. The summed E-state index contributed by atoms with van der Waals surface area (Å²) in [7, 11) is 1.69. The number of halogens is 1. The summed E-state index contributed by atoms with van der Waals surface area (Å²) in [6, 6.07) is 5.78. The standard InChI is InChI=1S/C19H27N3O2.ClH/c1-3-4-17(20)19(23)22-9-7-13(8-10-22)16-12-21-18-6-5-14(24-2)11-15(16)18;/h5-6,11-13,17,21H,3-4,7-10,20H2,1-2H3;1H. The maximum atomic E-state index is 12.4. The smallest absolute Gasteiger partial charge is 0.239 e. The van der Waals surface area contributed by atoms with Crippen LogP contribution in [0.15, 0.2) is 24.4 Å². The molecule has 1 unspecified atom stereocenters. The number of methoxy groups -OCH3 is 1. The number of likely N-dealkylation sites (tertiary alicyclic amines) is 1. The number of rotatable bonds is 5. The SMILES string of the molecule is CCCC(N)C(=O)N1CCC(c2c[nH]c3ccc(OC)cc23)CC1.Cl. The Hall–Kier alpha value is -1.72. The van der Waals surface area contributed by atoms with Gasteiger partial charge in [0.05, 0.1) is 13.2 Å². The summed E-state index contributed by atoms with van der Waals surface area (Å²) < 4.78 is 5.35. The van der Waals surface area contributed by atoms with Crippen LogP contribution in [0, 0.1) is 0 Å². The Balaban J connectivity index is 0.00000225. The molecule has 0 aliphatic carbocycles. The number of hydrogen-bond acceptors (Lipinski definition) is 3. The predicted molar refractivity (Wildman–Crippen MR) is 104 cm³/mol. The van der Waals surface area contributed by atoms with E-state index in [2.05, 4.69) is 30.2 Å². The van der Waals surface area contributed by atoms with Crippen molar-refractivity contribution in [1.29, 1.82) is 0 Å². The van der Waals surface area contributed by atoms with Crippen LogP contribution in [-0.2, 0) is 4.79 Å². The minimum atomic E-state index is -0.344. The Morgan fingerprint density at radius 3 is 2.76 bits per heavy atom. The van der Waals surface area contributed by atoms with E-state index < -0.39 is 0 Å². The van der Waals surface area contributed by atoms with E-state index in [1.165, 1.54) is 10.9 Å². The van der Waals surface area contributed by atoms with Gasteiger partial charge in [-0.3, -0.25) is 4.79 Å². The molecule has 1 saturated heterocycles. The first kappa shape index (κ1) is 19.6. The highest BCUT2D eigenvalue weighted by Crippen LogP contribution is 2.34. The highest BCUT2D eigenvalue weighted by atomic mass is 35.5. The Bertz CT molecular complexity index is 708. The van der Waals surface area contributed by atoms with E-state index in [0.29, 0.717) is 5.92 Å². The van der Waals surface area contributed by atoms with Crippen molar-refractivity contribution in [2.24, 2.45) is 5.73 Å². The maximum absolute atomic E-state index is 12.4. The third kappa shape index (κ3) is 4.10. The average Bonchev–Trinajstić information content (AvgIpc) is 3.04. The van der Waals surface area contributed by atoms with E-state index in [-0.39, 0.29) is 24.4 Å². The number of piperidine rings is 1. The number of carbonyl (C=O) groups is 1. The van der Waals surface area contributed by atoms with Gasteiger partial charge in [-0.25, -0.2) is 0 Å². The summed E-state index contributed by atoms with van der Waals surface area (Å²) in [5.74, 6) is 1.45. The van der Waals surface area contributed by atoms with Gasteiger partial charge in [-0.1, -0.05) is 13.3 Å².